The van der Waals surface area contributed by atoms with E-state index in [1.165, 1.54) is 12.3 Å². The van der Waals surface area contributed by atoms with Crippen LogP contribution in [-0.4, -0.2) is 61.1 Å². The summed E-state index contributed by atoms with van der Waals surface area (Å²) in [6.45, 7) is 7.08. The summed E-state index contributed by atoms with van der Waals surface area (Å²) in [5, 5.41) is 12.1. The smallest absolute Gasteiger partial charge is 0.247 e. The number of hydrogen-bond acceptors (Lipinski definition) is 8. The highest BCUT2D eigenvalue weighted by Crippen LogP contribution is 2.39. The minimum Gasteiger partial charge on any atom is -0.494 e. The van der Waals surface area contributed by atoms with E-state index in [0.717, 1.165) is 48.3 Å². The quantitative estimate of drug-likeness (QED) is 0.245. The third kappa shape index (κ3) is 6.05. The van der Waals surface area contributed by atoms with Crippen molar-refractivity contribution < 1.29 is 9.53 Å². The van der Waals surface area contributed by atoms with Crippen LogP contribution in [0.4, 0.5) is 34.5 Å². The summed E-state index contributed by atoms with van der Waals surface area (Å²) in [6, 6.07) is 17.9. The summed E-state index contributed by atoms with van der Waals surface area (Å²) in [6.07, 6.45) is 2.78. The van der Waals surface area contributed by atoms with Gasteiger partial charge in [-0.05, 0) is 42.1 Å². The molecule has 3 aromatic carbocycles. The van der Waals surface area contributed by atoms with Gasteiger partial charge in [-0.2, -0.15) is 4.98 Å². The lowest BCUT2D eigenvalue weighted by Crippen LogP contribution is -2.44. The van der Waals surface area contributed by atoms with Gasteiger partial charge in [0, 0.05) is 37.9 Å². The van der Waals surface area contributed by atoms with Gasteiger partial charge in [-0.15, -0.1) is 0 Å². The molecule has 0 spiro atoms. The molecule has 1 fully saturated rings. The van der Waals surface area contributed by atoms with E-state index >= 15 is 0 Å². The van der Waals surface area contributed by atoms with Crippen molar-refractivity contribution >= 4 is 62.8 Å². The molecule has 0 unspecified atom stereocenters. The van der Waals surface area contributed by atoms with E-state index in [9.17, 15) is 4.79 Å². The van der Waals surface area contributed by atoms with Gasteiger partial charge in [-0.3, -0.25) is 4.79 Å². The lowest BCUT2D eigenvalue weighted by Gasteiger charge is -2.35. The minimum atomic E-state index is -0.300. The van der Waals surface area contributed by atoms with Crippen LogP contribution in [0.25, 0.3) is 10.8 Å². The predicted octanol–water partition coefficient (Wildman–Crippen LogP) is 5.66. The average Bonchev–Trinajstić information content (AvgIpc) is 2.95. The largest absolute Gasteiger partial charge is 0.494 e. The fourth-order valence-electron chi connectivity index (χ4n) is 4.47. The van der Waals surface area contributed by atoms with Gasteiger partial charge in [0.1, 0.15) is 10.8 Å². The van der Waals surface area contributed by atoms with Gasteiger partial charge in [0.05, 0.1) is 30.4 Å². The second-order valence-electron chi connectivity index (χ2n) is 9.26. The van der Waals surface area contributed by atoms with E-state index in [2.05, 4.69) is 61.5 Å². The monoisotopic (exact) mass is 543 g/mol. The molecule has 200 valence electrons. The van der Waals surface area contributed by atoms with Crippen molar-refractivity contribution in [2.75, 3.05) is 61.2 Å². The van der Waals surface area contributed by atoms with Crippen LogP contribution >= 0.6 is 11.6 Å². The molecule has 1 amide bonds. The number of amides is 1. The first-order chi connectivity index (χ1) is 18.9. The Bertz CT molecular complexity index is 1520. The van der Waals surface area contributed by atoms with Crippen LogP contribution in [0, 0.1) is 0 Å². The number of nitrogens with one attached hydrogen (secondary N) is 3. The topological polar surface area (TPSA) is 94.6 Å². The van der Waals surface area contributed by atoms with Gasteiger partial charge in [-0.25, -0.2) is 4.98 Å². The number of fused-ring (bicyclic) bond motifs is 1. The number of benzene rings is 3. The van der Waals surface area contributed by atoms with Crippen molar-refractivity contribution in [3.05, 3.63) is 78.5 Å². The number of aromatic nitrogens is 2. The van der Waals surface area contributed by atoms with Crippen LogP contribution in [0.15, 0.2) is 73.4 Å². The maximum atomic E-state index is 12.3. The SMILES string of the molecule is C=CC(=O)Nc1cc(Nc2ncc(Cl)c(Nc3ccc4ccccc4c3)n2)c(OC)cc1N1CCN(C)CC1. The van der Waals surface area contributed by atoms with Crippen LogP contribution in [0.3, 0.4) is 0 Å². The normalized spacial score (nSPS) is 13.7. The fraction of sp³-hybridized carbons (Fsp3) is 0.207. The molecule has 2 heterocycles. The van der Waals surface area contributed by atoms with Crippen LogP contribution in [0.2, 0.25) is 5.02 Å². The van der Waals surface area contributed by atoms with Crippen LogP contribution in [-0.2, 0) is 4.79 Å². The average molecular weight is 544 g/mol. The number of methoxy groups -OCH3 is 1. The highest BCUT2D eigenvalue weighted by Gasteiger charge is 2.21. The summed E-state index contributed by atoms with van der Waals surface area (Å²) < 4.78 is 5.72. The lowest BCUT2D eigenvalue weighted by molar-refractivity contribution is -0.111. The van der Waals surface area contributed by atoms with Gasteiger partial charge < -0.3 is 30.5 Å². The Morgan fingerprint density at radius 1 is 1.03 bits per heavy atom. The highest BCUT2D eigenvalue weighted by atomic mass is 35.5. The van der Waals surface area contributed by atoms with Crippen molar-refractivity contribution in [2.45, 2.75) is 0 Å². The van der Waals surface area contributed by atoms with Crippen molar-refractivity contribution in [2.24, 2.45) is 0 Å². The molecule has 1 aliphatic heterocycles. The van der Waals surface area contributed by atoms with E-state index < -0.39 is 0 Å². The molecule has 10 heteroatoms. The van der Waals surface area contributed by atoms with Crippen molar-refractivity contribution in [3.63, 3.8) is 0 Å². The van der Waals surface area contributed by atoms with Gasteiger partial charge in [0.25, 0.3) is 0 Å². The molecule has 1 aliphatic rings. The molecule has 0 saturated carbocycles. The number of rotatable bonds is 8. The molecule has 0 aliphatic carbocycles. The van der Waals surface area contributed by atoms with E-state index in [1.54, 1.807) is 7.11 Å². The lowest BCUT2D eigenvalue weighted by atomic mass is 10.1. The molecular formula is C29H30ClN7O2. The zero-order chi connectivity index (χ0) is 27.4. The molecule has 1 aromatic heterocycles. The third-order valence-electron chi connectivity index (χ3n) is 6.61. The number of likely N-dealkylation sites (N-methyl/N-ethyl adjacent to an activating group) is 1. The van der Waals surface area contributed by atoms with Crippen molar-refractivity contribution in [3.8, 4) is 5.75 Å². The van der Waals surface area contributed by atoms with Crippen LogP contribution < -0.4 is 25.6 Å². The maximum Gasteiger partial charge on any atom is 0.247 e. The number of piperazine rings is 1. The number of anilines is 6. The predicted molar refractivity (Wildman–Crippen MR) is 159 cm³/mol. The zero-order valence-corrected chi connectivity index (χ0v) is 22.6. The molecular weight excluding hydrogens is 514 g/mol. The van der Waals surface area contributed by atoms with E-state index in [4.69, 9.17) is 16.3 Å². The molecule has 0 atom stereocenters. The van der Waals surface area contributed by atoms with Crippen LogP contribution in [0.1, 0.15) is 0 Å². The standard InChI is InChI=1S/C29H30ClN7O2/c1-4-27(38)33-23-16-24(26(39-3)17-25(23)37-13-11-36(2)12-14-37)34-29-31-18-22(30)28(35-29)32-21-10-9-19-7-5-6-8-20(19)15-21/h4-10,15-18H,1,11-14H2,2-3H3,(H,33,38)(H2,31,32,34,35). The second kappa shape index (κ2) is 11.6. The number of nitrogens with zero attached hydrogens (tertiary/aromatic N) is 4. The maximum absolute atomic E-state index is 12.3. The molecule has 0 radical (unpaired) electrons. The Balaban J connectivity index is 1.45. The van der Waals surface area contributed by atoms with Crippen molar-refractivity contribution in [1.82, 2.24) is 14.9 Å². The minimum absolute atomic E-state index is 0.300. The van der Waals surface area contributed by atoms with Gasteiger partial charge in [0.2, 0.25) is 11.9 Å². The Morgan fingerprint density at radius 2 is 1.79 bits per heavy atom. The summed E-state index contributed by atoms with van der Waals surface area (Å²) >= 11 is 6.44. The molecule has 4 aromatic rings. The summed E-state index contributed by atoms with van der Waals surface area (Å²) in [5.41, 5.74) is 2.95. The first-order valence-corrected chi connectivity index (χ1v) is 13.0. The van der Waals surface area contributed by atoms with E-state index in [0.29, 0.717) is 33.9 Å². The van der Waals surface area contributed by atoms with Gasteiger partial charge in [-0.1, -0.05) is 48.5 Å². The van der Waals surface area contributed by atoms with Crippen molar-refractivity contribution in [1.29, 1.82) is 0 Å². The summed E-state index contributed by atoms with van der Waals surface area (Å²) in [5.74, 6) is 1.06. The Kier molecular flexibility index (Phi) is 7.81. The molecule has 1 saturated heterocycles. The first kappa shape index (κ1) is 26.3. The van der Waals surface area contributed by atoms with E-state index in [-0.39, 0.29) is 5.91 Å². The molecule has 5 rings (SSSR count). The van der Waals surface area contributed by atoms with E-state index in [1.807, 2.05) is 42.5 Å². The zero-order valence-electron chi connectivity index (χ0n) is 21.9. The summed E-state index contributed by atoms with van der Waals surface area (Å²) in [7, 11) is 3.70. The molecule has 9 nitrogen and oxygen atoms in total. The number of ether oxygens (including phenoxy) is 1. The Hall–Kier alpha value is -4.34. The second-order valence-corrected chi connectivity index (χ2v) is 9.66. The number of halogens is 1. The number of carbonyl (C=O) groups excluding carboxylic acids is 1. The van der Waals surface area contributed by atoms with Gasteiger partial charge >= 0.3 is 0 Å². The Morgan fingerprint density at radius 3 is 2.54 bits per heavy atom. The number of carbonyl (C=O) groups is 1. The summed E-state index contributed by atoms with van der Waals surface area (Å²) in [4.78, 5) is 25.7. The highest BCUT2D eigenvalue weighted by molar-refractivity contribution is 6.33. The number of hydrogen-bond donors (Lipinski definition) is 3. The third-order valence-corrected chi connectivity index (χ3v) is 6.88. The Labute approximate surface area is 232 Å². The van der Waals surface area contributed by atoms with Gasteiger partial charge in [0.15, 0.2) is 5.82 Å². The molecule has 3 N–H and O–H groups in total. The fourth-order valence-corrected chi connectivity index (χ4v) is 4.61. The molecule has 39 heavy (non-hydrogen) atoms. The first-order valence-electron chi connectivity index (χ1n) is 12.6. The van der Waals surface area contributed by atoms with Crippen LogP contribution in [0.5, 0.6) is 5.75 Å². The molecule has 0 bridgehead atoms.